The number of fused-ring (bicyclic) bond motifs is 1. The second kappa shape index (κ2) is 5.00. The lowest BCUT2D eigenvalue weighted by atomic mass is 10.2. The zero-order valence-corrected chi connectivity index (χ0v) is 11.7. The lowest BCUT2D eigenvalue weighted by molar-refractivity contribution is -0.118. The fourth-order valence-corrected chi connectivity index (χ4v) is 2.40. The number of hydrogen-bond acceptors (Lipinski definition) is 3. The minimum Gasteiger partial charge on any atom is -0.488 e. The Kier molecular flexibility index (Phi) is 3.18. The first-order chi connectivity index (χ1) is 9.68. The number of rotatable bonds is 2. The third kappa shape index (κ3) is 2.05. The number of amides is 1. The predicted octanol–water partition coefficient (Wildman–Crippen LogP) is 2.23. The molecule has 1 aliphatic heterocycles. The van der Waals surface area contributed by atoms with Crippen LogP contribution in [-0.2, 0) is 16.6 Å². The molecule has 2 aromatic rings. The Bertz CT molecular complexity index is 687. The van der Waals surface area contributed by atoms with Gasteiger partial charge in [0.2, 0.25) is 5.95 Å². The summed E-state index contributed by atoms with van der Waals surface area (Å²) in [5, 5.41) is 0. The normalized spacial score (nSPS) is 14.8. The van der Waals surface area contributed by atoms with Crippen LogP contribution >= 0.6 is 0 Å². The van der Waals surface area contributed by atoms with E-state index >= 15 is 0 Å². The van der Waals surface area contributed by atoms with Crippen molar-refractivity contribution in [3.05, 3.63) is 36.1 Å². The zero-order valence-electron chi connectivity index (χ0n) is 11.7. The van der Waals surface area contributed by atoms with Gasteiger partial charge in [-0.25, -0.2) is 4.98 Å². The Hall–Kier alpha value is -2.30. The molecule has 20 heavy (non-hydrogen) atoms. The molecule has 0 fully saturated rings. The highest BCUT2D eigenvalue weighted by atomic mass is 16.5. The molecule has 104 valence electrons. The van der Waals surface area contributed by atoms with Crippen LogP contribution in [0.15, 0.2) is 36.1 Å². The number of likely N-dealkylation sites (N-methyl/N-ethyl adjacent to an activating group) is 1. The van der Waals surface area contributed by atoms with Crippen molar-refractivity contribution >= 4 is 22.9 Å². The largest absolute Gasteiger partial charge is 0.488 e. The van der Waals surface area contributed by atoms with Crippen LogP contribution in [0.4, 0.5) is 5.95 Å². The molecule has 0 saturated heterocycles. The molecule has 5 heteroatoms. The highest BCUT2D eigenvalue weighted by Crippen LogP contribution is 2.22. The van der Waals surface area contributed by atoms with Gasteiger partial charge in [0.05, 0.1) is 17.6 Å². The molecule has 2 heterocycles. The second-order valence-corrected chi connectivity index (χ2v) is 4.88. The third-order valence-corrected chi connectivity index (χ3v) is 3.51. The Balaban J connectivity index is 1.96. The average Bonchev–Trinajstić information content (AvgIpc) is 2.84. The van der Waals surface area contributed by atoms with Crippen molar-refractivity contribution in [3.8, 4) is 0 Å². The van der Waals surface area contributed by atoms with Crippen LogP contribution in [0, 0.1) is 0 Å². The summed E-state index contributed by atoms with van der Waals surface area (Å²) < 4.78 is 7.34. The van der Waals surface area contributed by atoms with E-state index in [1.165, 1.54) is 4.90 Å². The fraction of sp³-hybridized carbons (Fsp3) is 0.333. The minimum absolute atomic E-state index is 0.150. The van der Waals surface area contributed by atoms with Crippen molar-refractivity contribution in [2.45, 2.75) is 12.8 Å². The molecule has 0 unspecified atom stereocenters. The summed E-state index contributed by atoms with van der Waals surface area (Å²) in [6.45, 7) is 0.605. The van der Waals surface area contributed by atoms with Gasteiger partial charge in [-0.05, 0) is 31.1 Å². The molecular formula is C15H17N3O2. The standard InChI is InChI=1S/C15H17N3O2/c1-17-12-8-4-3-7-11(12)16-15(17)18(2)14(19)13-9-5-6-10-20-13/h3-4,7-9H,5-6,10H2,1-2H3. The Morgan fingerprint density at radius 1 is 1.40 bits per heavy atom. The number of benzene rings is 1. The molecule has 1 aromatic carbocycles. The Morgan fingerprint density at radius 3 is 2.90 bits per heavy atom. The van der Waals surface area contributed by atoms with Crippen LogP contribution < -0.4 is 4.90 Å². The van der Waals surface area contributed by atoms with E-state index in [1.807, 2.05) is 42.0 Å². The van der Waals surface area contributed by atoms with Crippen LogP contribution in [0.5, 0.6) is 0 Å². The van der Waals surface area contributed by atoms with Crippen molar-refractivity contribution < 1.29 is 9.53 Å². The van der Waals surface area contributed by atoms with Gasteiger partial charge < -0.3 is 9.30 Å². The quantitative estimate of drug-likeness (QED) is 0.841. The molecule has 0 saturated carbocycles. The van der Waals surface area contributed by atoms with E-state index in [0.717, 1.165) is 23.9 Å². The van der Waals surface area contributed by atoms with E-state index < -0.39 is 0 Å². The number of allylic oxidation sites excluding steroid dienone is 1. The summed E-state index contributed by atoms with van der Waals surface area (Å²) in [6.07, 6.45) is 3.70. The number of nitrogens with zero attached hydrogens (tertiary/aromatic N) is 3. The maximum absolute atomic E-state index is 12.4. The van der Waals surface area contributed by atoms with E-state index in [-0.39, 0.29) is 5.91 Å². The Morgan fingerprint density at radius 2 is 2.20 bits per heavy atom. The molecule has 0 spiro atoms. The van der Waals surface area contributed by atoms with Crippen molar-refractivity contribution in [1.29, 1.82) is 0 Å². The van der Waals surface area contributed by atoms with Crippen molar-refractivity contribution in [2.24, 2.45) is 7.05 Å². The molecule has 3 rings (SSSR count). The summed E-state index contributed by atoms with van der Waals surface area (Å²) >= 11 is 0. The molecule has 1 aromatic heterocycles. The van der Waals surface area contributed by atoms with Gasteiger partial charge in [-0.15, -0.1) is 0 Å². The first-order valence-corrected chi connectivity index (χ1v) is 6.71. The van der Waals surface area contributed by atoms with Crippen LogP contribution in [0.2, 0.25) is 0 Å². The lowest BCUT2D eigenvalue weighted by Gasteiger charge is -2.20. The van der Waals surface area contributed by atoms with Crippen LogP contribution in [0.1, 0.15) is 12.8 Å². The van der Waals surface area contributed by atoms with Gasteiger partial charge >= 0.3 is 0 Å². The molecule has 0 atom stereocenters. The number of carbonyl (C=O) groups excluding carboxylic acids is 1. The summed E-state index contributed by atoms with van der Waals surface area (Å²) in [6, 6.07) is 7.82. The molecule has 0 bridgehead atoms. The number of hydrogen-bond donors (Lipinski definition) is 0. The number of carbonyl (C=O) groups is 1. The molecule has 5 nitrogen and oxygen atoms in total. The highest BCUT2D eigenvalue weighted by Gasteiger charge is 2.23. The number of imidazole rings is 1. The van der Waals surface area contributed by atoms with Crippen molar-refractivity contribution in [2.75, 3.05) is 18.6 Å². The van der Waals surface area contributed by atoms with Crippen molar-refractivity contribution in [1.82, 2.24) is 9.55 Å². The molecule has 1 amide bonds. The number of anilines is 1. The summed E-state index contributed by atoms with van der Waals surface area (Å²) in [7, 11) is 3.63. The SMILES string of the molecule is CN(C(=O)C1=CCCCO1)c1nc2ccccc2n1C. The van der Waals surface area contributed by atoms with Crippen LogP contribution in [-0.4, -0.2) is 29.1 Å². The summed E-state index contributed by atoms with van der Waals surface area (Å²) in [5.41, 5.74) is 1.88. The highest BCUT2D eigenvalue weighted by molar-refractivity contribution is 6.03. The minimum atomic E-state index is -0.150. The van der Waals surface area contributed by atoms with Gasteiger partial charge in [0.25, 0.3) is 5.91 Å². The van der Waals surface area contributed by atoms with Crippen LogP contribution in [0.25, 0.3) is 11.0 Å². The van der Waals surface area contributed by atoms with Gasteiger partial charge in [-0.3, -0.25) is 9.69 Å². The summed E-state index contributed by atoms with van der Waals surface area (Å²) in [5.74, 6) is 0.889. The van der Waals surface area contributed by atoms with Crippen LogP contribution in [0.3, 0.4) is 0 Å². The van der Waals surface area contributed by atoms with E-state index in [4.69, 9.17) is 4.74 Å². The maximum atomic E-state index is 12.4. The van der Waals surface area contributed by atoms with E-state index in [1.54, 1.807) is 7.05 Å². The van der Waals surface area contributed by atoms with Gasteiger partial charge in [-0.2, -0.15) is 0 Å². The molecular weight excluding hydrogens is 254 g/mol. The molecule has 1 aliphatic rings. The molecule has 0 N–H and O–H groups in total. The zero-order chi connectivity index (χ0) is 14.1. The first-order valence-electron chi connectivity index (χ1n) is 6.71. The van der Waals surface area contributed by atoms with Gasteiger partial charge in [0, 0.05) is 14.1 Å². The first kappa shape index (κ1) is 12.7. The monoisotopic (exact) mass is 271 g/mol. The lowest BCUT2D eigenvalue weighted by Crippen LogP contribution is -2.31. The Labute approximate surface area is 117 Å². The average molecular weight is 271 g/mol. The molecule has 0 radical (unpaired) electrons. The number of ether oxygens (including phenoxy) is 1. The second-order valence-electron chi connectivity index (χ2n) is 4.88. The number of para-hydroxylation sites is 2. The number of aryl methyl sites for hydroxylation is 1. The van der Waals surface area contributed by atoms with E-state index in [0.29, 0.717) is 18.3 Å². The van der Waals surface area contributed by atoms with E-state index in [2.05, 4.69) is 4.98 Å². The third-order valence-electron chi connectivity index (χ3n) is 3.51. The van der Waals surface area contributed by atoms with Crippen molar-refractivity contribution in [3.63, 3.8) is 0 Å². The fourth-order valence-electron chi connectivity index (χ4n) is 2.40. The number of aromatic nitrogens is 2. The van der Waals surface area contributed by atoms with Gasteiger partial charge in [-0.1, -0.05) is 12.1 Å². The maximum Gasteiger partial charge on any atom is 0.295 e. The molecule has 0 aliphatic carbocycles. The van der Waals surface area contributed by atoms with E-state index in [9.17, 15) is 4.79 Å². The smallest absolute Gasteiger partial charge is 0.295 e. The van der Waals surface area contributed by atoms with Gasteiger partial charge in [0.1, 0.15) is 0 Å². The van der Waals surface area contributed by atoms with Gasteiger partial charge in [0.15, 0.2) is 5.76 Å². The summed E-state index contributed by atoms with van der Waals surface area (Å²) in [4.78, 5) is 18.5. The predicted molar refractivity (Wildman–Crippen MR) is 77.4 cm³/mol. The topological polar surface area (TPSA) is 47.4 Å².